The number of allylic oxidation sites excluding steroid dienone is 4. The zero-order valence-corrected chi connectivity index (χ0v) is 25.8. The van der Waals surface area contributed by atoms with Gasteiger partial charge in [0.2, 0.25) is 0 Å². The van der Waals surface area contributed by atoms with E-state index >= 15 is 0 Å². The summed E-state index contributed by atoms with van der Waals surface area (Å²) in [7, 11) is 0. The zero-order valence-electron chi connectivity index (χ0n) is 19.3. The Kier molecular flexibility index (Phi) is 14.8. The summed E-state index contributed by atoms with van der Waals surface area (Å²) in [6.45, 7) is 13.3. The van der Waals surface area contributed by atoms with E-state index in [1.807, 2.05) is 24.3 Å². The molecule has 0 radical (unpaired) electrons. The Balaban J connectivity index is 0.000000547. The van der Waals surface area contributed by atoms with Crippen LogP contribution in [0.25, 0.3) is 21.9 Å². The number of benzene rings is 2. The van der Waals surface area contributed by atoms with Crippen LogP contribution >= 0.6 is 23.2 Å². The molecule has 6 heteroatoms. The molecule has 0 saturated heterocycles. The van der Waals surface area contributed by atoms with Gasteiger partial charge in [0.25, 0.3) is 0 Å². The van der Waals surface area contributed by atoms with Gasteiger partial charge < -0.3 is 24.8 Å². The Morgan fingerprint density at radius 1 is 0.969 bits per heavy atom. The summed E-state index contributed by atoms with van der Waals surface area (Å²) in [5.41, 5.74) is 6.69. The molecule has 0 nitrogen and oxygen atoms in total. The molecule has 4 rings (SSSR count). The minimum Gasteiger partial charge on any atom is -1.00 e. The molecule has 0 aliphatic heterocycles. The molecule has 0 saturated carbocycles. The van der Waals surface area contributed by atoms with Crippen LogP contribution in [0.4, 0.5) is 0 Å². The van der Waals surface area contributed by atoms with E-state index in [2.05, 4.69) is 71.1 Å². The van der Waals surface area contributed by atoms with Gasteiger partial charge in [-0.25, -0.2) is 5.57 Å². The van der Waals surface area contributed by atoms with Crippen molar-refractivity contribution in [3.05, 3.63) is 87.4 Å². The second-order valence-corrected chi connectivity index (χ2v) is 18.0. The van der Waals surface area contributed by atoms with Crippen LogP contribution in [0.3, 0.4) is 0 Å². The molecule has 1 aliphatic rings. The summed E-state index contributed by atoms with van der Waals surface area (Å²) >= 11 is 13.8. The molecule has 1 aliphatic carbocycles. The molecule has 0 aromatic heterocycles. The molecule has 1 unspecified atom stereocenters. The first-order valence-corrected chi connectivity index (χ1v) is 16.9. The van der Waals surface area contributed by atoms with Crippen molar-refractivity contribution in [1.29, 1.82) is 0 Å². The van der Waals surface area contributed by atoms with E-state index in [0.29, 0.717) is 16.0 Å². The maximum Gasteiger partial charge on any atom is 0.0418 e. The largest absolute Gasteiger partial charge is 1.00 e. The van der Waals surface area contributed by atoms with Crippen molar-refractivity contribution >= 4 is 39.4 Å². The molecule has 3 aromatic rings. The van der Waals surface area contributed by atoms with Crippen molar-refractivity contribution in [2.75, 3.05) is 0 Å². The Hall–Kier alpha value is -0.210. The molecule has 170 valence electrons. The van der Waals surface area contributed by atoms with Crippen molar-refractivity contribution in [3.8, 4) is 11.1 Å². The second-order valence-electron chi connectivity index (χ2n) is 7.79. The van der Waals surface area contributed by atoms with Gasteiger partial charge >= 0.3 is 41.9 Å². The molecule has 1 atom stereocenters. The fourth-order valence-corrected chi connectivity index (χ4v) is 3.80. The third-order valence-electron chi connectivity index (χ3n) is 5.09. The second kappa shape index (κ2) is 14.9. The minimum atomic E-state index is 0. The molecule has 32 heavy (non-hydrogen) atoms. The first-order valence-electron chi connectivity index (χ1n) is 10.0. The molecular weight excluding hydrogens is 573 g/mol. The van der Waals surface area contributed by atoms with Crippen LogP contribution in [0.1, 0.15) is 27.7 Å². The molecular formula is C26H28Cl4SiZr-2. The van der Waals surface area contributed by atoms with Gasteiger partial charge in [-0.2, -0.15) is 11.1 Å². The van der Waals surface area contributed by atoms with Gasteiger partial charge in [-0.3, -0.25) is 6.08 Å². The van der Waals surface area contributed by atoms with Crippen LogP contribution in [-0.2, 0) is 23.3 Å². The van der Waals surface area contributed by atoms with Crippen LogP contribution in [0.15, 0.2) is 71.3 Å². The van der Waals surface area contributed by atoms with Crippen LogP contribution in [0, 0.1) is 12.0 Å². The van der Waals surface area contributed by atoms with E-state index in [4.69, 9.17) is 23.2 Å². The van der Waals surface area contributed by atoms with Gasteiger partial charge in [-0.15, -0.1) is 53.6 Å². The number of rotatable bonds is 1. The maximum absolute atomic E-state index is 6.03. The van der Waals surface area contributed by atoms with Crippen molar-refractivity contribution < 1.29 is 48.1 Å². The normalized spacial score (nSPS) is 14.3. The fourth-order valence-electron chi connectivity index (χ4n) is 3.27. The average Bonchev–Trinajstić information content (AvgIpc) is 3.18. The van der Waals surface area contributed by atoms with Gasteiger partial charge in [0.05, 0.1) is 0 Å². The van der Waals surface area contributed by atoms with Crippen molar-refractivity contribution in [1.82, 2.24) is 0 Å². The molecule has 0 bridgehead atoms. The SMILES string of the molecule is CC1=[C-]C(C)C(C)=C1C.C[Si](C)=[Zr+2].Clc1cc(Cl)cc(-c2c[cH-]c3ccccc23)c1.[Cl-].[Cl-]. The van der Waals surface area contributed by atoms with Crippen LogP contribution in [0.5, 0.6) is 0 Å². The van der Waals surface area contributed by atoms with Crippen molar-refractivity contribution in [2.24, 2.45) is 5.92 Å². The number of hydrogen-bond acceptors (Lipinski definition) is 0. The predicted molar refractivity (Wildman–Crippen MR) is 132 cm³/mol. The monoisotopic (exact) mass is 598 g/mol. The van der Waals surface area contributed by atoms with E-state index in [1.54, 1.807) is 29.4 Å². The summed E-state index contributed by atoms with van der Waals surface area (Å²) in [6.07, 6.45) is 3.36. The van der Waals surface area contributed by atoms with Crippen LogP contribution < -0.4 is 24.8 Å². The molecule has 3 aromatic carbocycles. The number of halogens is 4. The van der Waals surface area contributed by atoms with Crippen LogP contribution in [-0.4, -0.2) is 5.43 Å². The molecule has 0 heterocycles. The number of fused-ring (bicyclic) bond motifs is 1. The summed E-state index contributed by atoms with van der Waals surface area (Å²) < 4.78 is 0. The van der Waals surface area contributed by atoms with Crippen molar-refractivity contribution in [3.63, 3.8) is 0 Å². The summed E-state index contributed by atoms with van der Waals surface area (Å²) in [4.78, 5) is 0. The third kappa shape index (κ3) is 9.21. The summed E-state index contributed by atoms with van der Waals surface area (Å²) in [5.74, 6) is 0.560. The van der Waals surface area contributed by atoms with Gasteiger partial charge in [-0.1, -0.05) is 61.5 Å². The molecule has 0 amide bonds. The van der Waals surface area contributed by atoms with E-state index < -0.39 is 0 Å². The fraction of sp³-hybridized carbons (Fsp3) is 0.269. The summed E-state index contributed by atoms with van der Waals surface area (Å²) in [5, 5.41) is 3.79. The van der Waals surface area contributed by atoms with Gasteiger partial charge in [0.15, 0.2) is 0 Å². The van der Waals surface area contributed by atoms with Gasteiger partial charge in [0.1, 0.15) is 0 Å². The molecule has 0 N–H and O–H groups in total. The quantitative estimate of drug-likeness (QED) is 0.297. The smallest absolute Gasteiger partial charge is 0.0418 e. The number of hydrogen-bond donors (Lipinski definition) is 0. The van der Waals surface area contributed by atoms with Gasteiger partial charge in [0, 0.05) is 10.0 Å². The average molecular weight is 602 g/mol. The Morgan fingerprint density at radius 2 is 1.50 bits per heavy atom. The van der Waals surface area contributed by atoms with E-state index in [-0.39, 0.29) is 30.2 Å². The first kappa shape index (κ1) is 31.8. The first-order chi connectivity index (χ1) is 14.1. The Labute approximate surface area is 231 Å². The standard InChI is InChI=1S/C15H9Cl2.C9H13.C2H6Si.2ClH.Zr/c16-12-7-11(8-13(17)9-12)15-6-5-10-3-1-2-4-14(10)15;1-6-5-7(2)9(4)8(6)3;1-3-2;;;/h1-9H;6H,1-4H3;1-2H3;2*1H;/q2*-1;;;;+2/p-2. The van der Waals surface area contributed by atoms with E-state index in [9.17, 15) is 0 Å². The maximum atomic E-state index is 6.03. The van der Waals surface area contributed by atoms with Gasteiger partial charge in [-0.05, 0) is 18.2 Å². The van der Waals surface area contributed by atoms with E-state index in [1.165, 1.54) is 33.1 Å². The predicted octanol–water partition coefficient (Wildman–Crippen LogP) is 3.05. The van der Waals surface area contributed by atoms with Crippen LogP contribution in [0.2, 0.25) is 23.1 Å². The van der Waals surface area contributed by atoms with Crippen molar-refractivity contribution in [2.45, 2.75) is 40.8 Å². The molecule has 0 fully saturated rings. The Morgan fingerprint density at radius 3 is 1.94 bits per heavy atom. The molecule has 0 spiro atoms. The minimum absolute atomic E-state index is 0. The Bertz CT molecular complexity index is 1090. The van der Waals surface area contributed by atoms with E-state index in [0.717, 1.165) is 5.56 Å². The topological polar surface area (TPSA) is 0 Å². The third-order valence-corrected chi connectivity index (χ3v) is 5.53. The summed E-state index contributed by atoms with van der Waals surface area (Å²) in [6, 6.07) is 18.1. The zero-order chi connectivity index (χ0) is 22.4.